The van der Waals surface area contributed by atoms with Gasteiger partial charge in [0.15, 0.2) is 0 Å². The van der Waals surface area contributed by atoms with E-state index in [4.69, 9.17) is 4.74 Å². The first-order chi connectivity index (χ1) is 10.2. The average molecular weight is 282 g/mol. The second-order valence-electron chi connectivity index (χ2n) is 5.98. The van der Waals surface area contributed by atoms with E-state index >= 15 is 0 Å². The highest BCUT2D eigenvalue weighted by Crippen LogP contribution is 2.31. The maximum absolute atomic E-state index is 5.47. The molecule has 3 rings (SSSR count). The van der Waals surface area contributed by atoms with Crippen LogP contribution in [0.3, 0.4) is 0 Å². The summed E-state index contributed by atoms with van der Waals surface area (Å²) in [5.74, 6) is 0. The molecular formula is C18H22N2O. The van der Waals surface area contributed by atoms with Gasteiger partial charge in [0.1, 0.15) is 0 Å². The molecule has 0 aliphatic carbocycles. The smallest absolute Gasteiger partial charge is 0.0594 e. The quantitative estimate of drug-likeness (QED) is 0.863. The molecule has 1 aliphatic heterocycles. The normalized spacial score (nSPS) is 16.9. The van der Waals surface area contributed by atoms with Crippen molar-refractivity contribution in [2.45, 2.75) is 19.4 Å². The molecule has 0 N–H and O–H groups in total. The van der Waals surface area contributed by atoms with Gasteiger partial charge in [0, 0.05) is 31.0 Å². The molecule has 1 aliphatic rings. The molecule has 0 atom stereocenters. The van der Waals surface area contributed by atoms with E-state index in [1.165, 1.54) is 11.1 Å². The average Bonchev–Trinajstić information content (AvgIpc) is 2.57. The number of benzene rings is 1. The highest BCUT2D eigenvalue weighted by Gasteiger charge is 2.30. The maximum atomic E-state index is 5.47. The summed E-state index contributed by atoms with van der Waals surface area (Å²) in [5, 5.41) is 0. The Morgan fingerprint density at radius 2 is 1.81 bits per heavy atom. The lowest BCUT2D eigenvalue weighted by atomic mass is 9.89. The Balaban J connectivity index is 1.91. The van der Waals surface area contributed by atoms with Crippen LogP contribution in [0.2, 0.25) is 0 Å². The van der Waals surface area contributed by atoms with Gasteiger partial charge in [-0.05, 0) is 42.7 Å². The molecule has 0 bridgehead atoms. The zero-order valence-electron chi connectivity index (χ0n) is 12.7. The van der Waals surface area contributed by atoms with E-state index in [2.05, 4.69) is 54.1 Å². The molecule has 1 aromatic carbocycles. The van der Waals surface area contributed by atoms with Crippen molar-refractivity contribution < 1.29 is 4.74 Å². The number of rotatable bonds is 3. The van der Waals surface area contributed by atoms with Gasteiger partial charge in [-0.2, -0.15) is 0 Å². The Bertz CT molecular complexity index is 589. The fourth-order valence-electron chi connectivity index (χ4n) is 2.92. The predicted molar refractivity (Wildman–Crippen MR) is 85.1 cm³/mol. The minimum atomic E-state index is 0.0159. The highest BCUT2D eigenvalue weighted by molar-refractivity contribution is 5.63. The Kier molecular flexibility index (Phi) is 4.04. The van der Waals surface area contributed by atoms with Gasteiger partial charge in [-0.15, -0.1) is 0 Å². The van der Waals surface area contributed by atoms with E-state index < -0.39 is 0 Å². The van der Waals surface area contributed by atoms with Crippen molar-refractivity contribution in [1.29, 1.82) is 0 Å². The van der Waals surface area contributed by atoms with Gasteiger partial charge in [-0.1, -0.05) is 24.3 Å². The van der Waals surface area contributed by atoms with Gasteiger partial charge in [0.05, 0.1) is 13.2 Å². The number of nitrogens with zero attached hydrogens (tertiary/aromatic N) is 2. The van der Waals surface area contributed by atoms with Crippen LogP contribution < -0.4 is 0 Å². The lowest BCUT2D eigenvalue weighted by molar-refractivity contribution is -0.0117. The standard InChI is InChI=1S/C18H22N2O/c1-18(2,20-9-11-21-12-10-20)17-7-3-5-15(13-17)16-6-4-8-19-14-16/h3-8,13-14H,9-12H2,1-2H3. The molecule has 2 heterocycles. The Morgan fingerprint density at radius 3 is 2.52 bits per heavy atom. The van der Waals surface area contributed by atoms with Gasteiger partial charge in [0.25, 0.3) is 0 Å². The monoisotopic (exact) mass is 282 g/mol. The first kappa shape index (κ1) is 14.2. The summed E-state index contributed by atoms with van der Waals surface area (Å²) in [6, 6.07) is 12.9. The Hall–Kier alpha value is -1.71. The lowest BCUT2D eigenvalue weighted by Gasteiger charge is -2.41. The van der Waals surface area contributed by atoms with Gasteiger partial charge in [-0.3, -0.25) is 9.88 Å². The SMILES string of the molecule is CC(C)(c1cccc(-c2cccnc2)c1)N1CCOCC1. The van der Waals surface area contributed by atoms with Crippen molar-refractivity contribution >= 4 is 0 Å². The molecule has 0 spiro atoms. The summed E-state index contributed by atoms with van der Waals surface area (Å²) >= 11 is 0. The fourth-order valence-corrected chi connectivity index (χ4v) is 2.92. The molecule has 1 aromatic heterocycles. The molecular weight excluding hydrogens is 260 g/mol. The molecule has 21 heavy (non-hydrogen) atoms. The molecule has 0 saturated carbocycles. The number of hydrogen-bond acceptors (Lipinski definition) is 3. The molecule has 1 fully saturated rings. The van der Waals surface area contributed by atoms with Crippen molar-refractivity contribution in [1.82, 2.24) is 9.88 Å². The molecule has 0 radical (unpaired) electrons. The van der Waals surface area contributed by atoms with Crippen molar-refractivity contribution in [2.24, 2.45) is 0 Å². The number of ether oxygens (including phenoxy) is 1. The minimum absolute atomic E-state index is 0.0159. The van der Waals surface area contributed by atoms with Crippen molar-refractivity contribution in [3.05, 3.63) is 54.4 Å². The summed E-state index contributed by atoms with van der Waals surface area (Å²) in [4.78, 5) is 6.71. The summed E-state index contributed by atoms with van der Waals surface area (Å²) in [7, 11) is 0. The van der Waals surface area contributed by atoms with Crippen molar-refractivity contribution in [3.8, 4) is 11.1 Å². The molecule has 3 nitrogen and oxygen atoms in total. The van der Waals surface area contributed by atoms with Gasteiger partial charge < -0.3 is 4.74 Å². The highest BCUT2D eigenvalue weighted by atomic mass is 16.5. The van der Waals surface area contributed by atoms with E-state index in [0.29, 0.717) is 0 Å². The zero-order valence-corrected chi connectivity index (χ0v) is 12.7. The number of pyridine rings is 1. The number of aromatic nitrogens is 1. The third-order valence-corrected chi connectivity index (χ3v) is 4.37. The molecule has 3 heteroatoms. The maximum Gasteiger partial charge on any atom is 0.0594 e. The largest absolute Gasteiger partial charge is 0.379 e. The van der Waals surface area contributed by atoms with E-state index in [1.807, 2.05) is 18.5 Å². The van der Waals surface area contributed by atoms with Crippen LogP contribution in [0, 0.1) is 0 Å². The molecule has 2 aromatic rings. The number of morpholine rings is 1. The van der Waals surface area contributed by atoms with E-state index in [1.54, 1.807) is 0 Å². The summed E-state index contributed by atoms with van der Waals surface area (Å²) in [6.07, 6.45) is 3.73. The molecule has 0 amide bonds. The first-order valence-corrected chi connectivity index (χ1v) is 7.52. The zero-order chi connectivity index (χ0) is 14.7. The van der Waals surface area contributed by atoms with Crippen molar-refractivity contribution in [2.75, 3.05) is 26.3 Å². The van der Waals surface area contributed by atoms with Gasteiger partial charge >= 0.3 is 0 Å². The lowest BCUT2D eigenvalue weighted by Crippen LogP contribution is -2.47. The van der Waals surface area contributed by atoms with Gasteiger partial charge in [0.2, 0.25) is 0 Å². The molecule has 0 unspecified atom stereocenters. The van der Waals surface area contributed by atoms with Crippen LogP contribution in [0.4, 0.5) is 0 Å². The second-order valence-corrected chi connectivity index (χ2v) is 5.98. The fraction of sp³-hybridized carbons (Fsp3) is 0.389. The van der Waals surface area contributed by atoms with E-state index in [-0.39, 0.29) is 5.54 Å². The van der Waals surface area contributed by atoms with E-state index in [0.717, 1.165) is 31.9 Å². The third-order valence-electron chi connectivity index (χ3n) is 4.37. The van der Waals surface area contributed by atoms with Crippen LogP contribution in [-0.4, -0.2) is 36.2 Å². The summed E-state index contributed by atoms with van der Waals surface area (Å²) in [5.41, 5.74) is 3.74. The van der Waals surface area contributed by atoms with Crippen LogP contribution in [-0.2, 0) is 10.3 Å². The first-order valence-electron chi connectivity index (χ1n) is 7.52. The van der Waals surface area contributed by atoms with Crippen LogP contribution in [0.5, 0.6) is 0 Å². The Morgan fingerprint density at radius 1 is 1.05 bits per heavy atom. The molecule has 1 saturated heterocycles. The molecule has 110 valence electrons. The minimum Gasteiger partial charge on any atom is -0.379 e. The van der Waals surface area contributed by atoms with Crippen molar-refractivity contribution in [3.63, 3.8) is 0 Å². The van der Waals surface area contributed by atoms with Crippen LogP contribution in [0.1, 0.15) is 19.4 Å². The topological polar surface area (TPSA) is 25.4 Å². The van der Waals surface area contributed by atoms with Crippen LogP contribution in [0.15, 0.2) is 48.8 Å². The Labute approximate surface area is 126 Å². The van der Waals surface area contributed by atoms with Gasteiger partial charge in [-0.25, -0.2) is 0 Å². The van der Waals surface area contributed by atoms with E-state index in [9.17, 15) is 0 Å². The number of hydrogen-bond donors (Lipinski definition) is 0. The predicted octanol–water partition coefficient (Wildman–Crippen LogP) is 3.32. The third kappa shape index (κ3) is 2.99. The van der Waals surface area contributed by atoms with Crippen LogP contribution in [0.25, 0.3) is 11.1 Å². The summed E-state index contributed by atoms with van der Waals surface area (Å²) in [6.45, 7) is 8.22. The second kappa shape index (κ2) is 5.96. The summed E-state index contributed by atoms with van der Waals surface area (Å²) < 4.78 is 5.47. The van der Waals surface area contributed by atoms with Crippen LogP contribution >= 0.6 is 0 Å².